The van der Waals surface area contributed by atoms with Gasteiger partial charge in [-0.2, -0.15) is 0 Å². The zero-order valence-electron chi connectivity index (χ0n) is 13.3. The van der Waals surface area contributed by atoms with Crippen LogP contribution in [-0.2, 0) is 4.74 Å². The summed E-state index contributed by atoms with van der Waals surface area (Å²) >= 11 is 0. The maximum absolute atomic E-state index is 12.8. The summed E-state index contributed by atoms with van der Waals surface area (Å²) in [7, 11) is 1.70. The molecule has 0 radical (unpaired) electrons. The van der Waals surface area contributed by atoms with Crippen LogP contribution in [0.2, 0.25) is 0 Å². The van der Waals surface area contributed by atoms with Crippen LogP contribution in [0.1, 0.15) is 37.0 Å². The number of nitrogens with zero attached hydrogens (tertiary/aromatic N) is 1. The second kappa shape index (κ2) is 9.64. The highest BCUT2D eigenvalue weighted by Gasteiger charge is 2.10. The van der Waals surface area contributed by atoms with Crippen LogP contribution in [0.5, 0.6) is 0 Å². The van der Waals surface area contributed by atoms with Gasteiger partial charge < -0.3 is 9.64 Å². The summed E-state index contributed by atoms with van der Waals surface area (Å²) in [5.41, 5.74) is 0.587. The Balaban J connectivity index is 2.38. The lowest BCUT2D eigenvalue weighted by molar-refractivity contribution is 0.0968. The second-order valence-electron chi connectivity index (χ2n) is 5.72. The van der Waals surface area contributed by atoms with Gasteiger partial charge in [0, 0.05) is 32.2 Å². The lowest BCUT2D eigenvalue weighted by Gasteiger charge is -2.23. The molecule has 4 heteroatoms. The standard InChI is InChI=1S/C17H26FNO2/c1-14(2)13-19(11-12-21-3)10-4-5-17(20)15-6-8-16(18)9-7-15/h6-9,14H,4-5,10-13H2,1-3H3. The van der Waals surface area contributed by atoms with E-state index in [1.165, 1.54) is 12.1 Å². The minimum Gasteiger partial charge on any atom is -0.383 e. The first-order valence-corrected chi connectivity index (χ1v) is 7.53. The number of ketones is 1. The first-order chi connectivity index (χ1) is 10.0. The van der Waals surface area contributed by atoms with Gasteiger partial charge in [-0.1, -0.05) is 13.8 Å². The largest absolute Gasteiger partial charge is 0.383 e. The predicted molar refractivity (Wildman–Crippen MR) is 83.1 cm³/mol. The molecule has 1 aromatic carbocycles. The molecule has 0 spiro atoms. The van der Waals surface area contributed by atoms with Gasteiger partial charge in [-0.15, -0.1) is 0 Å². The van der Waals surface area contributed by atoms with E-state index in [4.69, 9.17) is 4.74 Å². The average molecular weight is 295 g/mol. The summed E-state index contributed by atoms with van der Waals surface area (Å²) in [6, 6.07) is 5.76. The van der Waals surface area contributed by atoms with Gasteiger partial charge in [-0.3, -0.25) is 4.79 Å². The summed E-state index contributed by atoms with van der Waals surface area (Å²) in [4.78, 5) is 14.3. The van der Waals surface area contributed by atoms with E-state index in [9.17, 15) is 9.18 Å². The van der Waals surface area contributed by atoms with E-state index in [1.807, 2.05) is 0 Å². The van der Waals surface area contributed by atoms with Gasteiger partial charge in [0.15, 0.2) is 5.78 Å². The van der Waals surface area contributed by atoms with Crippen LogP contribution in [0.15, 0.2) is 24.3 Å². The maximum Gasteiger partial charge on any atom is 0.162 e. The van der Waals surface area contributed by atoms with Gasteiger partial charge in [0.1, 0.15) is 5.82 Å². The van der Waals surface area contributed by atoms with Crippen molar-refractivity contribution in [3.63, 3.8) is 0 Å². The predicted octanol–water partition coefficient (Wildman–Crippen LogP) is 3.39. The molecular formula is C17H26FNO2. The molecule has 1 aromatic rings. The second-order valence-corrected chi connectivity index (χ2v) is 5.72. The maximum atomic E-state index is 12.8. The van der Waals surface area contributed by atoms with Gasteiger partial charge in [-0.05, 0) is 43.1 Å². The van der Waals surface area contributed by atoms with E-state index in [2.05, 4.69) is 18.7 Å². The average Bonchev–Trinajstić information content (AvgIpc) is 2.44. The van der Waals surface area contributed by atoms with Crippen LogP contribution >= 0.6 is 0 Å². The van der Waals surface area contributed by atoms with E-state index in [0.717, 1.165) is 26.1 Å². The fourth-order valence-electron chi connectivity index (χ4n) is 2.27. The summed E-state index contributed by atoms with van der Waals surface area (Å²) < 4.78 is 17.9. The molecule has 0 atom stereocenters. The highest BCUT2D eigenvalue weighted by atomic mass is 19.1. The lowest BCUT2D eigenvalue weighted by Crippen LogP contribution is -2.32. The van der Waals surface area contributed by atoms with Gasteiger partial charge >= 0.3 is 0 Å². The summed E-state index contributed by atoms with van der Waals surface area (Å²) in [5, 5.41) is 0. The number of halogens is 1. The molecule has 0 saturated carbocycles. The first kappa shape index (κ1) is 17.8. The molecule has 0 bridgehead atoms. The Kier molecular flexibility index (Phi) is 8.16. The van der Waals surface area contributed by atoms with Gasteiger partial charge in [0.2, 0.25) is 0 Å². The molecule has 0 aliphatic carbocycles. The van der Waals surface area contributed by atoms with Crippen LogP contribution in [0.4, 0.5) is 4.39 Å². The van der Waals surface area contributed by atoms with Crippen molar-refractivity contribution in [2.45, 2.75) is 26.7 Å². The smallest absolute Gasteiger partial charge is 0.162 e. The normalized spacial score (nSPS) is 11.3. The van der Waals surface area contributed by atoms with Crippen molar-refractivity contribution >= 4 is 5.78 Å². The van der Waals surface area contributed by atoms with Gasteiger partial charge in [0.05, 0.1) is 6.61 Å². The third kappa shape index (κ3) is 7.34. The number of hydrogen-bond acceptors (Lipinski definition) is 3. The number of benzene rings is 1. The number of carbonyl (C=O) groups is 1. The molecule has 3 nitrogen and oxygen atoms in total. The molecule has 0 unspecified atom stereocenters. The molecule has 21 heavy (non-hydrogen) atoms. The Bertz CT molecular complexity index is 417. The molecule has 0 aliphatic heterocycles. The monoisotopic (exact) mass is 295 g/mol. The molecule has 118 valence electrons. The zero-order chi connectivity index (χ0) is 15.7. The Labute approximate surface area is 127 Å². The number of carbonyl (C=O) groups excluding carboxylic acids is 1. The van der Waals surface area contributed by atoms with Crippen molar-refractivity contribution in [1.29, 1.82) is 0 Å². The van der Waals surface area contributed by atoms with Crippen LogP contribution < -0.4 is 0 Å². The molecule has 1 rings (SSSR count). The third-order valence-corrected chi connectivity index (χ3v) is 3.28. The molecule has 0 aromatic heterocycles. The Morgan fingerprint density at radius 1 is 1.24 bits per heavy atom. The Morgan fingerprint density at radius 3 is 2.48 bits per heavy atom. The topological polar surface area (TPSA) is 29.5 Å². The van der Waals surface area contributed by atoms with Gasteiger partial charge in [-0.25, -0.2) is 4.39 Å². The van der Waals surface area contributed by atoms with E-state index in [1.54, 1.807) is 19.2 Å². The minimum atomic E-state index is -0.311. The van der Waals surface area contributed by atoms with Crippen molar-refractivity contribution in [2.24, 2.45) is 5.92 Å². The zero-order valence-corrected chi connectivity index (χ0v) is 13.3. The molecule has 0 aliphatic rings. The van der Waals surface area contributed by atoms with Crippen molar-refractivity contribution in [1.82, 2.24) is 4.90 Å². The highest BCUT2D eigenvalue weighted by molar-refractivity contribution is 5.95. The van der Waals surface area contributed by atoms with E-state index >= 15 is 0 Å². The molecule has 0 amide bonds. The van der Waals surface area contributed by atoms with Crippen LogP contribution in [-0.4, -0.2) is 44.0 Å². The van der Waals surface area contributed by atoms with E-state index in [-0.39, 0.29) is 11.6 Å². The number of rotatable bonds is 10. The van der Waals surface area contributed by atoms with Gasteiger partial charge in [0.25, 0.3) is 0 Å². The molecule has 0 heterocycles. The third-order valence-electron chi connectivity index (χ3n) is 3.28. The fraction of sp³-hybridized carbons (Fsp3) is 0.588. The van der Waals surface area contributed by atoms with Crippen molar-refractivity contribution < 1.29 is 13.9 Å². The molecular weight excluding hydrogens is 269 g/mol. The number of hydrogen-bond donors (Lipinski definition) is 0. The quantitative estimate of drug-likeness (QED) is 0.620. The summed E-state index contributed by atoms with van der Waals surface area (Å²) in [5.74, 6) is 0.357. The lowest BCUT2D eigenvalue weighted by atomic mass is 10.1. The fourth-order valence-corrected chi connectivity index (χ4v) is 2.27. The first-order valence-electron chi connectivity index (χ1n) is 7.53. The minimum absolute atomic E-state index is 0.0752. The van der Waals surface area contributed by atoms with E-state index < -0.39 is 0 Å². The molecule has 0 saturated heterocycles. The van der Waals surface area contributed by atoms with Crippen LogP contribution in [0.25, 0.3) is 0 Å². The summed E-state index contributed by atoms with van der Waals surface area (Å²) in [6.07, 6.45) is 1.31. The number of Topliss-reactive ketones (excluding diaryl/α,β-unsaturated/α-hetero) is 1. The number of methoxy groups -OCH3 is 1. The Hall–Kier alpha value is -1.26. The highest BCUT2D eigenvalue weighted by Crippen LogP contribution is 2.08. The SMILES string of the molecule is COCCN(CCCC(=O)c1ccc(F)cc1)CC(C)C. The van der Waals surface area contributed by atoms with Crippen molar-refractivity contribution in [3.05, 3.63) is 35.6 Å². The molecule has 0 N–H and O–H groups in total. The van der Waals surface area contributed by atoms with E-state index in [0.29, 0.717) is 24.5 Å². The summed E-state index contributed by atoms with van der Waals surface area (Å²) in [6.45, 7) is 7.85. The molecule has 0 fully saturated rings. The van der Waals surface area contributed by atoms with Crippen LogP contribution in [0.3, 0.4) is 0 Å². The van der Waals surface area contributed by atoms with Crippen molar-refractivity contribution in [3.8, 4) is 0 Å². The van der Waals surface area contributed by atoms with Crippen molar-refractivity contribution in [2.75, 3.05) is 33.4 Å². The number of ether oxygens (including phenoxy) is 1. The Morgan fingerprint density at radius 2 is 1.90 bits per heavy atom. The van der Waals surface area contributed by atoms with Crippen LogP contribution in [0, 0.1) is 11.7 Å².